The van der Waals surface area contributed by atoms with Crippen molar-refractivity contribution >= 4 is 17.6 Å². The third-order valence-corrected chi connectivity index (χ3v) is 3.74. The van der Waals surface area contributed by atoms with Gasteiger partial charge in [-0.2, -0.15) is 11.8 Å². The van der Waals surface area contributed by atoms with Crippen molar-refractivity contribution in [1.29, 1.82) is 5.41 Å². The Kier molecular flexibility index (Phi) is 3.92. The summed E-state index contributed by atoms with van der Waals surface area (Å²) in [6, 6.07) is 0. The lowest BCUT2D eigenvalue weighted by Gasteiger charge is -2.25. The average molecular weight is 186 g/mol. The van der Waals surface area contributed by atoms with Gasteiger partial charge in [-0.05, 0) is 18.8 Å². The van der Waals surface area contributed by atoms with E-state index in [2.05, 4.69) is 6.92 Å². The van der Waals surface area contributed by atoms with Crippen molar-refractivity contribution < 1.29 is 0 Å². The highest BCUT2D eigenvalue weighted by atomic mass is 32.2. The van der Waals surface area contributed by atoms with E-state index in [0.29, 0.717) is 5.84 Å². The molecule has 70 valence electrons. The van der Waals surface area contributed by atoms with Crippen LogP contribution in [-0.2, 0) is 0 Å². The lowest BCUT2D eigenvalue weighted by atomic mass is 9.91. The molecule has 2 atom stereocenters. The van der Waals surface area contributed by atoms with Crippen LogP contribution in [0.1, 0.15) is 32.6 Å². The first-order valence-electron chi connectivity index (χ1n) is 4.63. The molecular weight excluding hydrogens is 168 g/mol. The van der Waals surface area contributed by atoms with Crippen LogP contribution in [0.25, 0.3) is 0 Å². The Morgan fingerprint density at radius 1 is 1.58 bits per heavy atom. The van der Waals surface area contributed by atoms with Gasteiger partial charge in [-0.1, -0.05) is 19.8 Å². The quantitative estimate of drug-likeness (QED) is 0.524. The van der Waals surface area contributed by atoms with Crippen molar-refractivity contribution in [2.24, 2.45) is 11.7 Å². The average Bonchev–Trinajstić information content (AvgIpc) is 2.01. The van der Waals surface area contributed by atoms with Crippen LogP contribution in [0.5, 0.6) is 0 Å². The molecule has 2 unspecified atom stereocenters. The highest BCUT2D eigenvalue weighted by Crippen LogP contribution is 2.31. The number of thioether (sulfide) groups is 1. The molecule has 3 N–H and O–H groups in total. The molecule has 1 aliphatic carbocycles. The van der Waals surface area contributed by atoms with Crippen LogP contribution >= 0.6 is 11.8 Å². The molecule has 0 aromatic rings. The molecule has 0 saturated heterocycles. The van der Waals surface area contributed by atoms with Crippen LogP contribution < -0.4 is 5.73 Å². The molecule has 0 spiro atoms. The fourth-order valence-electron chi connectivity index (χ4n) is 1.74. The summed E-state index contributed by atoms with van der Waals surface area (Å²) in [6.45, 7) is 2.32. The zero-order chi connectivity index (χ0) is 8.97. The van der Waals surface area contributed by atoms with Crippen molar-refractivity contribution in [2.45, 2.75) is 37.9 Å². The minimum Gasteiger partial charge on any atom is -0.387 e. The number of rotatable bonds is 3. The predicted molar refractivity (Wildman–Crippen MR) is 55.8 cm³/mol. The van der Waals surface area contributed by atoms with E-state index in [1.807, 2.05) is 11.8 Å². The van der Waals surface area contributed by atoms with Gasteiger partial charge >= 0.3 is 0 Å². The van der Waals surface area contributed by atoms with Crippen molar-refractivity contribution in [1.82, 2.24) is 0 Å². The summed E-state index contributed by atoms with van der Waals surface area (Å²) in [6.07, 6.45) is 5.38. The molecular formula is C9H18N2S. The molecule has 1 aliphatic rings. The Bertz CT molecular complexity index is 159. The second kappa shape index (κ2) is 4.75. The zero-order valence-electron chi connectivity index (χ0n) is 7.68. The molecule has 0 aliphatic heterocycles. The summed E-state index contributed by atoms with van der Waals surface area (Å²) in [5, 5.41) is 7.88. The Morgan fingerprint density at radius 2 is 2.33 bits per heavy atom. The SMILES string of the molecule is CC1CCCC(SCC(=N)N)C1. The summed E-state index contributed by atoms with van der Waals surface area (Å²) in [5.74, 6) is 1.92. The van der Waals surface area contributed by atoms with E-state index in [1.165, 1.54) is 25.7 Å². The second-order valence-electron chi connectivity index (χ2n) is 3.73. The molecule has 0 heterocycles. The maximum absolute atomic E-state index is 7.12. The Morgan fingerprint density at radius 3 is 2.92 bits per heavy atom. The Hall–Kier alpha value is -0.180. The third kappa shape index (κ3) is 3.48. The van der Waals surface area contributed by atoms with Crippen molar-refractivity contribution in [3.63, 3.8) is 0 Å². The van der Waals surface area contributed by atoms with Crippen LogP contribution in [0, 0.1) is 11.3 Å². The molecule has 1 rings (SSSR count). The standard InChI is InChI=1S/C9H18N2S/c1-7-3-2-4-8(5-7)12-6-9(10)11/h7-8H,2-6H2,1H3,(H3,10,11). The highest BCUT2D eigenvalue weighted by molar-refractivity contribution is 8.00. The minimum absolute atomic E-state index is 0.318. The lowest BCUT2D eigenvalue weighted by Crippen LogP contribution is -2.19. The first kappa shape index (κ1) is 9.90. The Labute approximate surface area is 78.8 Å². The van der Waals surface area contributed by atoms with Crippen molar-refractivity contribution in [3.8, 4) is 0 Å². The van der Waals surface area contributed by atoms with E-state index in [0.717, 1.165) is 16.9 Å². The summed E-state index contributed by atoms with van der Waals surface area (Å²) in [5.41, 5.74) is 5.31. The monoisotopic (exact) mass is 186 g/mol. The van der Waals surface area contributed by atoms with E-state index in [9.17, 15) is 0 Å². The first-order valence-corrected chi connectivity index (χ1v) is 5.68. The molecule has 3 heteroatoms. The largest absolute Gasteiger partial charge is 0.387 e. The third-order valence-electron chi connectivity index (χ3n) is 2.36. The van der Waals surface area contributed by atoms with Crippen molar-refractivity contribution in [3.05, 3.63) is 0 Å². The summed E-state index contributed by atoms with van der Waals surface area (Å²) >= 11 is 1.86. The summed E-state index contributed by atoms with van der Waals surface area (Å²) in [7, 11) is 0. The molecule has 0 bridgehead atoms. The number of nitrogens with one attached hydrogen (secondary N) is 1. The minimum atomic E-state index is 0.318. The van der Waals surface area contributed by atoms with E-state index in [1.54, 1.807) is 0 Å². The van der Waals surface area contributed by atoms with Crippen LogP contribution in [0.3, 0.4) is 0 Å². The maximum atomic E-state index is 7.12. The molecule has 0 radical (unpaired) electrons. The smallest absolute Gasteiger partial charge is 0.101 e. The van der Waals surface area contributed by atoms with Crippen LogP contribution in [0.4, 0.5) is 0 Å². The van der Waals surface area contributed by atoms with Gasteiger partial charge in [0.2, 0.25) is 0 Å². The van der Waals surface area contributed by atoms with E-state index in [4.69, 9.17) is 11.1 Å². The fraction of sp³-hybridized carbons (Fsp3) is 0.889. The number of nitrogens with two attached hydrogens (primary N) is 1. The number of amidine groups is 1. The van der Waals surface area contributed by atoms with Gasteiger partial charge in [0.05, 0.1) is 5.75 Å². The topological polar surface area (TPSA) is 49.9 Å². The van der Waals surface area contributed by atoms with Gasteiger partial charge in [-0.3, -0.25) is 5.41 Å². The van der Waals surface area contributed by atoms with Crippen LogP contribution in [0.2, 0.25) is 0 Å². The van der Waals surface area contributed by atoms with Gasteiger partial charge in [0.1, 0.15) is 5.84 Å². The zero-order valence-corrected chi connectivity index (χ0v) is 8.49. The van der Waals surface area contributed by atoms with Crippen LogP contribution in [-0.4, -0.2) is 16.8 Å². The van der Waals surface area contributed by atoms with Gasteiger partial charge in [0.15, 0.2) is 0 Å². The van der Waals surface area contributed by atoms with Gasteiger partial charge in [-0.25, -0.2) is 0 Å². The molecule has 2 nitrogen and oxygen atoms in total. The first-order chi connectivity index (χ1) is 5.68. The fourth-order valence-corrected chi connectivity index (χ4v) is 2.95. The van der Waals surface area contributed by atoms with Gasteiger partial charge in [0.25, 0.3) is 0 Å². The summed E-state index contributed by atoms with van der Waals surface area (Å²) < 4.78 is 0. The molecule has 1 fully saturated rings. The molecule has 0 amide bonds. The number of hydrogen-bond donors (Lipinski definition) is 2. The van der Waals surface area contributed by atoms with Crippen molar-refractivity contribution in [2.75, 3.05) is 5.75 Å². The normalized spacial score (nSPS) is 30.1. The van der Waals surface area contributed by atoms with E-state index >= 15 is 0 Å². The maximum Gasteiger partial charge on any atom is 0.101 e. The van der Waals surface area contributed by atoms with E-state index in [-0.39, 0.29) is 0 Å². The molecule has 12 heavy (non-hydrogen) atoms. The molecule has 0 aromatic carbocycles. The van der Waals surface area contributed by atoms with Gasteiger partial charge < -0.3 is 5.73 Å². The Balaban J connectivity index is 2.18. The molecule has 1 saturated carbocycles. The van der Waals surface area contributed by atoms with Crippen LogP contribution in [0.15, 0.2) is 0 Å². The van der Waals surface area contributed by atoms with Gasteiger partial charge in [-0.15, -0.1) is 0 Å². The molecule has 0 aromatic heterocycles. The van der Waals surface area contributed by atoms with E-state index < -0.39 is 0 Å². The summed E-state index contributed by atoms with van der Waals surface area (Å²) in [4.78, 5) is 0. The second-order valence-corrected chi connectivity index (χ2v) is 5.02. The predicted octanol–water partition coefficient (Wildman–Crippen LogP) is 2.23. The lowest BCUT2D eigenvalue weighted by molar-refractivity contribution is 0.394. The highest BCUT2D eigenvalue weighted by Gasteiger charge is 2.18. The van der Waals surface area contributed by atoms with Gasteiger partial charge in [0, 0.05) is 5.25 Å². The number of hydrogen-bond acceptors (Lipinski definition) is 2.